The average molecular weight is 337 g/mol. The van der Waals surface area contributed by atoms with Crippen molar-refractivity contribution in [1.29, 1.82) is 0 Å². The zero-order valence-corrected chi connectivity index (χ0v) is 13.2. The third kappa shape index (κ3) is 3.01. The van der Waals surface area contributed by atoms with E-state index in [1.54, 1.807) is 48.7 Å². The minimum atomic E-state index is -0.466. The molecule has 0 aliphatic heterocycles. The monoisotopic (exact) mass is 337 g/mol. The molecule has 8 nitrogen and oxygen atoms in total. The minimum absolute atomic E-state index is 0.0386. The number of nitrogens with one attached hydrogen (secondary N) is 2. The second-order valence-electron chi connectivity index (χ2n) is 5.94. The lowest BCUT2D eigenvalue weighted by Gasteiger charge is -2.07. The molecule has 3 aromatic rings. The molecule has 0 radical (unpaired) electrons. The number of pyridine rings is 1. The fraction of sp³-hybridized carbons (Fsp3) is 0.176. The van der Waals surface area contributed by atoms with Crippen LogP contribution in [0, 0.1) is 16.0 Å². The van der Waals surface area contributed by atoms with Crippen molar-refractivity contribution in [2.24, 2.45) is 5.92 Å². The summed E-state index contributed by atoms with van der Waals surface area (Å²) in [6, 6.07) is 12.2. The van der Waals surface area contributed by atoms with Gasteiger partial charge >= 0.3 is 5.82 Å². The third-order valence-corrected chi connectivity index (χ3v) is 4.04. The Balaban J connectivity index is 1.57. The molecule has 8 heteroatoms. The number of aromatic nitrogens is 2. The third-order valence-electron chi connectivity index (χ3n) is 4.04. The van der Waals surface area contributed by atoms with Crippen LogP contribution in [-0.2, 0) is 4.79 Å². The first kappa shape index (κ1) is 15.1. The second-order valence-corrected chi connectivity index (χ2v) is 5.94. The molecule has 0 spiro atoms. The first-order chi connectivity index (χ1) is 12.1. The molecular formula is C17H15N5O3. The summed E-state index contributed by atoms with van der Waals surface area (Å²) in [6.45, 7) is 0. The average Bonchev–Trinajstić information content (AvgIpc) is 3.38. The van der Waals surface area contributed by atoms with E-state index in [0.29, 0.717) is 17.0 Å². The molecule has 1 aromatic carbocycles. The number of hydrogen-bond donors (Lipinski definition) is 2. The molecule has 1 saturated carbocycles. The number of benzene rings is 1. The molecule has 1 aliphatic rings. The van der Waals surface area contributed by atoms with Crippen LogP contribution in [0.2, 0.25) is 0 Å². The molecule has 0 bridgehead atoms. The van der Waals surface area contributed by atoms with Crippen molar-refractivity contribution in [2.45, 2.75) is 12.8 Å². The van der Waals surface area contributed by atoms with Gasteiger partial charge in [-0.2, -0.15) is 9.38 Å². The van der Waals surface area contributed by atoms with Crippen LogP contribution in [0.25, 0.3) is 5.65 Å². The number of anilines is 3. The number of fused-ring (bicyclic) bond motifs is 1. The Morgan fingerprint density at radius 2 is 1.88 bits per heavy atom. The maximum atomic E-state index is 11.8. The van der Waals surface area contributed by atoms with Crippen LogP contribution in [0.5, 0.6) is 0 Å². The first-order valence-corrected chi connectivity index (χ1v) is 7.91. The first-order valence-electron chi connectivity index (χ1n) is 7.91. The summed E-state index contributed by atoms with van der Waals surface area (Å²) in [4.78, 5) is 27.0. The normalized spacial score (nSPS) is 13.6. The number of amides is 1. The zero-order chi connectivity index (χ0) is 17.4. The lowest BCUT2D eigenvalue weighted by molar-refractivity contribution is -0.389. The van der Waals surface area contributed by atoms with Gasteiger partial charge in [0.05, 0.1) is 6.20 Å². The van der Waals surface area contributed by atoms with Crippen molar-refractivity contribution in [3.05, 3.63) is 58.8 Å². The Hall–Kier alpha value is -3.42. The predicted molar refractivity (Wildman–Crippen MR) is 92.9 cm³/mol. The number of hydrogen-bond acceptors (Lipinski definition) is 5. The Morgan fingerprint density at radius 3 is 2.56 bits per heavy atom. The van der Waals surface area contributed by atoms with Crippen LogP contribution in [0.4, 0.5) is 23.0 Å². The van der Waals surface area contributed by atoms with Gasteiger partial charge in [-0.25, -0.2) is 0 Å². The van der Waals surface area contributed by atoms with Crippen LogP contribution < -0.4 is 10.6 Å². The summed E-state index contributed by atoms with van der Waals surface area (Å²) in [6.07, 6.45) is 3.49. The van der Waals surface area contributed by atoms with E-state index < -0.39 is 4.92 Å². The number of carbonyl (C=O) groups is 1. The Labute approximate surface area is 142 Å². The van der Waals surface area contributed by atoms with Crippen LogP contribution >= 0.6 is 0 Å². The van der Waals surface area contributed by atoms with Crippen molar-refractivity contribution in [3.63, 3.8) is 0 Å². The molecule has 2 heterocycles. The van der Waals surface area contributed by atoms with Gasteiger partial charge in [-0.3, -0.25) is 4.79 Å². The Bertz CT molecular complexity index is 960. The van der Waals surface area contributed by atoms with Gasteiger partial charge in [0, 0.05) is 23.4 Å². The highest BCUT2D eigenvalue weighted by Crippen LogP contribution is 2.31. The maximum Gasteiger partial charge on any atom is 0.372 e. The number of nitrogens with zero attached hydrogens (tertiary/aromatic N) is 3. The summed E-state index contributed by atoms with van der Waals surface area (Å²) in [5.74, 6) is 0.225. The number of carbonyl (C=O) groups excluding carboxylic acids is 1. The molecule has 25 heavy (non-hydrogen) atoms. The van der Waals surface area contributed by atoms with Gasteiger partial charge in [-0.1, -0.05) is 6.07 Å². The van der Waals surface area contributed by atoms with E-state index in [0.717, 1.165) is 12.8 Å². The molecule has 2 N–H and O–H groups in total. The Kier molecular flexibility index (Phi) is 3.57. The molecule has 126 valence electrons. The van der Waals surface area contributed by atoms with Gasteiger partial charge in [0.1, 0.15) is 0 Å². The van der Waals surface area contributed by atoms with E-state index in [1.807, 2.05) is 0 Å². The van der Waals surface area contributed by atoms with Crippen molar-refractivity contribution in [3.8, 4) is 0 Å². The Morgan fingerprint density at radius 1 is 1.16 bits per heavy atom. The maximum absolute atomic E-state index is 11.8. The molecule has 4 rings (SSSR count). The van der Waals surface area contributed by atoms with Gasteiger partial charge in [-0.15, -0.1) is 0 Å². The van der Waals surface area contributed by atoms with Gasteiger partial charge in [0.15, 0.2) is 0 Å². The predicted octanol–water partition coefficient (Wildman–Crippen LogP) is 3.33. The molecule has 1 aliphatic carbocycles. The highest BCUT2D eigenvalue weighted by molar-refractivity contribution is 5.94. The van der Waals surface area contributed by atoms with E-state index in [-0.39, 0.29) is 23.5 Å². The second kappa shape index (κ2) is 5.90. The van der Waals surface area contributed by atoms with E-state index in [1.165, 1.54) is 4.40 Å². The summed E-state index contributed by atoms with van der Waals surface area (Å²) in [5, 5.41) is 17.2. The zero-order valence-electron chi connectivity index (χ0n) is 13.2. The van der Waals surface area contributed by atoms with Crippen LogP contribution in [0.3, 0.4) is 0 Å². The van der Waals surface area contributed by atoms with Crippen molar-refractivity contribution >= 4 is 34.6 Å². The number of rotatable bonds is 5. The fourth-order valence-corrected chi connectivity index (χ4v) is 2.60. The lowest BCUT2D eigenvalue weighted by Crippen LogP contribution is -2.13. The van der Waals surface area contributed by atoms with Gasteiger partial charge in [-0.05, 0) is 48.1 Å². The summed E-state index contributed by atoms with van der Waals surface area (Å²) >= 11 is 0. The van der Waals surface area contributed by atoms with Crippen molar-refractivity contribution < 1.29 is 9.72 Å². The smallest absolute Gasteiger partial charge is 0.358 e. The SMILES string of the molecule is O=C(Nc1ccc(Nc2nc3ccccn3c2[N+](=O)[O-])cc1)C1CC1. The minimum Gasteiger partial charge on any atom is -0.358 e. The number of imidazole rings is 1. The molecule has 1 amide bonds. The molecule has 2 aromatic heterocycles. The van der Waals surface area contributed by atoms with E-state index in [4.69, 9.17) is 0 Å². The molecular weight excluding hydrogens is 322 g/mol. The summed E-state index contributed by atoms with van der Waals surface area (Å²) < 4.78 is 1.42. The fourth-order valence-electron chi connectivity index (χ4n) is 2.60. The van der Waals surface area contributed by atoms with E-state index >= 15 is 0 Å². The largest absolute Gasteiger partial charge is 0.372 e. The van der Waals surface area contributed by atoms with Gasteiger partial charge < -0.3 is 20.7 Å². The molecule has 0 atom stereocenters. The van der Waals surface area contributed by atoms with Crippen LogP contribution in [0.1, 0.15) is 12.8 Å². The van der Waals surface area contributed by atoms with E-state index in [9.17, 15) is 14.9 Å². The molecule has 0 unspecified atom stereocenters. The topological polar surface area (TPSA) is 102 Å². The summed E-state index contributed by atoms with van der Waals surface area (Å²) in [5.41, 5.74) is 1.84. The quantitative estimate of drug-likeness (QED) is 0.549. The van der Waals surface area contributed by atoms with Gasteiger partial charge in [0.25, 0.3) is 0 Å². The lowest BCUT2D eigenvalue weighted by atomic mass is 10.2. The molecule has 1 fully saturated rings. The summed E-state index contributed by atoms with van der Waals surface area (Å²) in [7, 11) is 0. The number of nitro groups is 1. The van der Waals surface area contributed by atoms with Crippen molar-refractivity contribution in [2.75, 3.05) is 10.6 Å². The molecule has 0 saturated heterocycles. The highest BCUT2D eigenvalue weighted by Gasteiger charge is 2.29. The van der Waals surface area contributed by atoms with Gasteiger partial charge in [0.2, 0.25) is 17.4 Å². The van der Waals surface area contributed by atoms with Crippen LogP contribution in [-0.4, -0.2) is 20.2 Å². The van der Waals surface area contributed by atoms with Crippen LogP contribution in [0.15, 0.2) is 48.7 Å². The van der Waals surface area contributed by atoms with Crippen molar-refractivity contribution in [1.82, 2.24) is 9.38 Å². The standard InChI is InChI=1S/C17H15N5O3/c23-16(11-4-5-11)19-13-8-6-12(7-9-13)18-15-17(22(24)25)21-10-2-1-3-14(21)20-15/h1-3,6-11,18H,4-5H2,(H,19,23). The van der Waals surface area contributed by atoms with E-state index in [2.05, 4.69) is 15.6 Å². The highest BCUT2D eigenvalue weighted by atomic mass is 16.6.